The van der Waals surface area contributed by atoms with E-state index in [0.29, 0.717) is 17.4 Å². The van der Waals surface area contributed by atoms with Crippen molar-refractivity contribution in [3.05, 3.63) is 17.8 Å². The van der Waals surface area contributed by atoms with Crippen LogP contribution in [0.25, 0.3) is 0 Å². The fraction of sp³-hybridized carbons (Fsp3) is 0.500. The smallest absolute Gasteiger partial charge is 0.339 e. The summed E-state index contributed by atoms with van der Waals surface area (Å²) in [6.07, 6.45) is 3.73. The Balaban J connectivity index is 2.29. The molecule has 1 saturated heterocycles. The van der Waals surface area contributed by atoms with E-state index < -0.39 is 5.97 Å². The Labute approximate surface area is 100 Å². The van der Waals surface area contributed by atoms with Crippen LogP contribution in [0.15, 0.2) is 12.3 Å². The quantitative estimate of drug-likeness (QED) is 0.831. The molecule has 5 heteroatoms. The molecule has 1 atom stereocenters. The summed E-state index contributed by atoms with van der Waals surface area (Å²) in [5.41, 5.74) is 6.16. The standard InChI is InChI=1S/C12H17N3O2/c1-2-8-3-4-15(7-8)11-10(12(16)17)5-9(13)6-14-11/h5-6,8H,2-4,7,13H2,1H3,(H,16,17). The maximum absolute atomic E-state index is 11.2. The number of hydrogen-bond acceptors (Lipinski definition) is 4. The van der Waals surface area contributed by atoms with Crippen molar-refractivity contribution in [1.29, 1.82) is 0 Å². The Morgan fingerprint density at radius 2 is 2.47 bits per heavy atom. The molecular formula is C12H17N3O2. The number of carbonyl (C=O) groups is 1. The molecule has 0 aromatic carbocycles. The number of nitrogens with two attached hydrogens (primary N) is 1. The molecule has 1 aliphatic heterocycles. The van der Waals surface area contributed by atoms with Crippen LogP contribution in [-0.4, -0.2) is 29.1 Å². The molecule has 0 bridgehead atoms. The SMILES string of the molecule is CCC1CCN(c2ncc(N)cc2C(=O)O)C1. The predicted molar refractivity (Wildman–Crippen MR) is 66.2 cm³/mol. The van der Waals surface area contributed by atoms with E-state index in [9.17, 15) is 4.79 Å². The summed E-state index contributed by atoms with van der Waals surface area (Å²) in [5, 5.41) is 9.15. The molecule has 0 radical (unpaired) electrons. The monoisotopic (exact) mass is 235 g/mol. The molecule has 1 unspecified atom stereocenters. The Morgan fingerprint density at radius 1 is 1.71 bits per heavy atom. The van der Waals surface area contributed by atoms with Crippen molar-refractivity contribution < 1.29 is 9.90 Å². The molecule has 0 aliphatic carbocycles. The fourth-order valence-electron chi connectivity index (χ4n) is 2.24. The van der Waals surface area contributed by atoms with E-state index in [2.05, 4.69) is 11.9 Å². The maximum Gasteiger partial charge on any atom is 0.339 e. The summed E-state index contributed by atoms with van der Waals surface area (Å²) in [6, 6.07) is 1.48. The second-order valence-electron chi connectivity index (χ2n) is 4.45. The Morgan fingerprint density at radius 3 is 3.06 bits per heavy atom. The summed E-state index contributed by atoms with van der Waals surface area (Å²) in [6.45, 7) is 3.91. The van der Waals surface area contributed by atoms with E-state index in [1.165, 1.54) is 12.3 Å². The molecule has 0 spiro atoms. The molecule has 2 rings (SSSR count). The minimum Gasteiger partial charge on any atom is -0.478 e. The number of nitrogen functional groups attached to an aromatic ring is 1. The summed E-state index contributed by atoms with van der Waals surface area (Å²) < 4.78 is 0. The first-order valence-corrected chi connectivity index (χ1v) is 5.85. The zero-order chi connectivity index (χ0) is 12.4. The highest BCUT2D eigenvalue weighted by atomic mass is 16.4. The van der Waals surface area contributed by atoms with Gasteiger partial charge >= 0.3 is 5.97 Å². The number of carboxylic acid groups (broad SMARTS) is 1. The molecule has 0 amide bonds. The van der Waals surface area contributed by atoms with Gasteiger partial charge in [0.25, 0.3) is 0 Å². The van der Waals surface area contributed by atoms with E-state index >= 15 is 0 Å². The van der Waals surface area contributed by atoms with Crippen molar-refractivity contribution in [2.45, 2.75) is 19.8 Å². The summed E-state index contributed by atoms with van der Waals surface area (Å²) >= 11 is 0. The topological polar surface area (TPSA) is 79.5 Å². The van der Waals surface area contributed by atoms with Gasteiger partial charge in [0.05, 0.1) is 11.9 Å². The van der Waals surface area contributed by atoms with Crippen LogP contribution < -0.4 is 10.6 Å². The highest BCUT2D eigenvalue weighted by Gasteiger charge is 2.25. The minimum atomic E-state index is -0.972. The second-order valence-corrected chi connectivity index (χ2v) is 4.45. The van der Waals surface area contributed by atoms with Crippen LogP contribution in [0.5, 0.6) is 0 Å². The molecular weight excluding hydrogens is 218 g/mol. The number of aromatic carboxylic acids is 1. The van der Waals surface area contributed by atoms with Crippen molar-refractivity contribution in [2.24, 2.45) is 5.92 Å². The molecule has 17 heavy (non-hydrogen) atoms. The first-order valence-electron chi connectivity index (χ1n) is 5.85. The molecule has 2 heterocycles. The second kappa shape index (κ2) is 4.61. The maximum atomic E-state index is 11.2. The zero-order valence-electron chi connectivity index (χ0n) is 9.89. The molecule has 0 saturated carbocycles. The summed E-state index contributed by atoms with van der Waals surface area (Å²) in [7, 11) is 0. The van der Waals surface area contributed by atoms with Crippen molar-refractivity contribution in [2.75, 3.05) is 23.7 Å². The summed E-state index contributed by atoms with van der Waals surface area (Å²) in [5.74, 6) is 0.207. The minimum absolute atomic E-state index is 0.196. The Bertz CT molecular complexity index is 434. The number of nitrogens with zero attached hydrogens (tertiary/aromatic N) is 2. The van der Waals surface area contributed by atoms with Crippen LogP contribution in [0.2, 0.25) is 0 Å². The van der Waals surface area contributed by atoms with E-state index in [0.717, 1.165) is 25.9 Å². The van der Waals surface area contributed by atoms with Gasteiger partial charge in [-0.25, -0.2) is 9.78 Å². The molecule has 1 fully saturated rings. The predicted octanol–water partition coefficient (Wildman–Crippen LogP) is 1.60. The van der Waals surface area contributed by atoms with Gasteiger partial charge in [-0.1, -0.05) is 13.3 Å². The number of anilines is 2. The fourth-order valence-corrected chi connectivity index (χ4v) is 2.24. The first kappa shape index (κ1) is 11.7. The largest absolute Gasteiger partial charge is 0.478 e. The van der Waals surface area contributed by atoms with Crippen molar-refractivity contribution in [3.8, 4) is 0 Å². The molecule has 5 nitrogen and oxygen atoms in total. The average Bonchev–Trinajstić information content (AvgIpc) is 2.77. The molecule has 1 aliphatic rings. The third kappa shape index (κ3) is 2.33. The van der Waals surface area contributed by atoms with Crippen molar-refractivity contribution in [1.82, 2.24) is 4.98 Å². The number of hydrogen-bond donors (Lipinski definition) is 2. The van der Waals surface area contributed by atoms with Gasteiger partial charge in [-0.3, -0.25) is 0 Å². The van der Waals surface area contributed by atoms with Gasteiger partial charge in [0, 0.05) is 13.1 Å². The Kier molecular flexibility index (Phi) is 3.17. The summed E-state index contributed by atoms with van der Waals surface area (Å²) in [4.78, 5) is 17.4. The first-order chi connectivity index (χ1) is 8.11. The van der Waals surface area contributed by atoms with Crippen LogP contribution in [-0.2, 0) is 0 Å². The molecule has 3 N–H and O–H groups in total. The molecule has 92 valence electrons. The molecule has 1 aromatic rings. The Hall–Kier alpha value is -1.78. The van der Waals surface area contributed by atoms with Gasteiger partial charge in [-0.15, -0.1) is 0 Å². The van der Waals surface area contributed by atoms with E-state index in [1.807, 2.05) is 4.90 Å². The van der Waals surface area contributed by atoms with Crippen LogP contribution in [0.1, 0.15) is 30.1 Å². The lowest BCUT2D eigenvalue weighted by molar-refractivity contribution is 0.0697. The van der Waals surface area contributed by atoms with Crippen LogP contribution in [0.3, 0.4) is 0 Å². The van der Waals surface area contributed by atoms with E-state index in [1.54, 1.807) is 0 Å². The average molecular weight is 235 g/mol. The van der Waals surface area contributed by atoms with Crippen molar-refractivity contribution >= 4 is 17.5 Å². The lowest BCUT2D eigenvalue weighted by Crippen LogP contribution is -2.23. The van der Waals surface area contributed by atoms with Crippen LogP contribution >= 0.6 is 0 Å². The van der Waals surface area contributed by atoms with Gasteiger partial charge in [0.1, 0.15) is 11.4 Å². The van der Waals surface area contributed by atoms with Gasteiger partial charge < -0.3 is 15.7 Å². The number of carboxylic acids is 1. The number of aromatic nitrogens is 1. The van der Waals surface area contributed by atoms with E-state index in [-0.39, 0.29) is 5.56 Å². The van der Waals surface area contributed by atoms with Gasteiger partial charge in [0.2, 0.25) is 0 Å². The van der Waals surface area contributed by atoms with Gasteiger partial charge in [-0.2, -0.15) is 0 Å². The molecule has 1 aromatic heterocycles. The zero-order valence-corrected chi connectivity index (χ0v) is 9.89. The van der Waals surface area contributed by atoms with Crippen LogP contribution in [0.4, 0.5) is 11.5 Å². The third-order valence-electron chi connectivity index (χ3n) is 3.28. The van der Waals surface area contributed by atoms with Gasteiger partial charge in [-0.05, 0) is 18.4 Å². The highest BCUT2D eigenvalue weighted by molar-refractivity contribution is 5.94. The highest BCUT2D eigenvalue weighted by Crippen LogP contribution is 2.27. The third-order valence-corrected chi connectivity index (χ3v) is 3.28. The normalized spacial score (nSPS) is 19.6. The lowest BCUT2D eigenvalue weighted by atomic mass is 10.1. The number of pyridine rings is 1. The number of rotatable bonds is 3. The van der Waals surface area contributed by atoms with E-state index in [4.69, 9.17) is 10.8 Å². The van der Waals surface area contributed by atoms with Crippen molar-refractivity contribution in [3.63, 3.8) is 0 Å². The van der Waals surface area contributed by atoms with Gasteiger partial charge in [0.15, 0.2) is 0 Å². The van der Waals surface area contributed by atoms with Crippen LogP contribution in [0, 0.1) is 5.92 Å². The lowest BCUT2D eigenvalue weighted by Gasteiger charge is -2.19.